The Balaban J connectivity index is 1.87. The van der Waals surface area contributed by atoms with Gasteiger partial charge in [-0.3, -0.25) is 4.79 Å². The van der Waals surface area contributed by atoms with Crippen LogP contribution in [0, 0.1) is 5.92 Å². The molecular weight excluding hydrogens is 256 g/mol. The number of para-hydroxylation sites is 1. The van der Waals surface area contributed by atoms with Crippen LogP contribution in [0.2, 0.25) is 0 Å². The third-order valence-corrected chi connectivity index (χ3v) is 3.59. The molecule has 0 saturated carbocycles. The Hall–Kier alpha value is -2.14. The second-order valence-corrected chi connectivity index (χ2v) is 4.93. The first-order chi connectivity index (χ1) is 9.75. The van der Waals surface area contributed by atoms with Crippen LogP contribution in [0.4, 0.5) is 0 Å². The molecule has 1 fully saturated rings. The molecule has 0 amide bonds. The third-order valence-electron chi connectivity index (χ3n) is 3.59. The first-order valence-electron chi connectivity index (χ1n) is 6.70. The fourth-order valence-corrected chi connectivity index (χ4v) is 2.57. The van der Waals surface area contributed by atoms with E-state index in [9.17, 15) is 9.90 Å². The Morgan fingerprint density at radius 1 is 1.35 bits per heavy atom. The average Bonchev–Trinajstić information content (AvgIpc) is 2.98. The van der Waals surface area contributed by atoms with Gasteiger partial charge in [0.15, 0.2) is 0 Å². The molecule has 1 saturated heterocycles. The third kappa shape index (κ3) is 2.44. The molecule has 5 heteroatoms. The summed E-state index contributed by atoms with van der Waals surface area (Å²) in [6.07, 6.45) is 4.58. The lowest BCUT2D eigenvalue weighted by molar-refractivity contribution is -0.151. The van der Waals surface area contributed by atoms with Gasteiger partial charge in [0.1, 0.15) is 0 Å². The van der Waals surface area contributed by atoms with Crippen molar-refractivity contribution in [3.63, 3.8) is 0 Å². The van der Waals surface area contributed by atoms with Crippen molar-refractivity contribution in [2.24, 2.45) is 5.92 Å². The van der Waals surface area contributed by atoms with Crippen molar-refractivity contribution >= 4 is 5.97 Å². The molecule has 5 nitrogen and oxygen atoms in total. The fraction of sp³-hybridized carbons (Fsp3) is 0.333. The summed E-state index contributed by atoms with van der Waals surface area (Å²) in [5.41, 5.74) is 1.77. The topological polar surface area (TPSA) is 64.3 Å². The van der Waals surface area contributed by atoms with Crippen LogP contribution in [0.25, 0.3) is 5.69 Å². The summed E-state index contributed by atoms with van der Waals surface area (Å²) in [7, 11) is 0. The highest BCUT2D eigenvalue weighted by Gasteiger charge is 2.33. The van der Waals surface area contributed by atoms with Gasteiger partial charge in [-0.25, -0.2) is 4.68 Å². The maximum absolute atomic E-state index is 11.3. The highest BCUT2D eigenvalue weighted by molar-refractivity contribution is 5.71. The lowest BCUT2D eigenvalue weighted by atomic mass is 9.91. The normalized spacial score (nSPS) is 22.6. The number of rotatable bonds is 3. The summed E-state index contributed by atoms with van der Waals surface area (Å²) >= 11 is 0. The number of ether oxygens (including phenoxy) is 1. The molecule has 1 aliphatic heterocycles. The summed E-state index contributed by atoms with van der Waals surface area (Å²) in [6.45, 7) is 0.602. The van der Waals surface area contributed by atoms with Crippen LogP contribution >= 0.6 is 0 Å². The van der Waals surface area contributed by atoms with Crippen LogP contribution < -0.4 is 0 Å². The Morgan fingerprint density at radius 3 is 2.90 bits per heavy atom. The zero-order valence-corrected chi connectivity index (χ0v) is 11.0. The fourth-order valence-electron chi connectivity index (χ4n) is 2.57. The van der Waals surface area contributed by atoms with E-state index in [0.29, 0.717) is 13.0 Å². The summed E-state index contributed by atoms with van der Waals surface area (Å²) in [4.78, 5) is 11.3. The molecule has 2 unspecified atom stereocenters. The van der Waals surface area contributed by atoms with Crippen molar-refractivity contribution in [3.8, 4) is 5.69 Å². The van der Waals surface area contributed by atoms with Gasteiger partial charge in [0.05, 0.1) is 23.9 Å². The summed E-state index contributed by atoms with van der Waals surface area (Å²) in [5.74, 6) is -1.29. The minimum Gasteiger partial charge on any atom is -0.481 e. The van der Waals surface area contributed by atoms with Gasteiger partial charge in [0.2, 0.25) is 0 Å². The minimum absolute atomic E-state index is 0.404. The molecule has 1 aliphatic rings. The number of carboxylic acids is 1. The lowest BCUT2D eigenvalue weighted by Gasteiger charge is -2.28. The Morgan fingerprint density at radius 2 is 2.15 bits per heavy atom. The van der Waals surface area contributed by atoms with E-state index in [1.165, 1.54) is 0 Å². The molecule has 0 radical (unpaired) electrons. The van der Waals surface area contributed by atoms with Gasteiger partial charge in [-0.1, -0.05) is 18.2 Å². The van der Waals surface area contributed by atoms with Crippen LogP contribution in [0.1, 0.15) is 24.5 Å². The molecule has 104 valence electrons. The van der Waals surface area contributed by atoms with Crippen molar-refractivity contribution in [2.45, 2.75) is 18.9 Å². The van der Waals surface area contributed by atoms with E-state index in [1.807, 2.05) is 36.5 Å². The SMILES string of the molecule is O=C(O)C1CCCOC1c1cnn(-c2ccccc2)c1. The van der Waals surface area contributed by atoms with E-state index >= 15 is 0 Å². The molecule has 3 rings (SSSR count). The smallest absolute Gasteiger partial charge is 0.309 e. The Labute approximate surface area is 116 Å². The first-order valence-corrected chi connectivity index (χ1v) is 6.70. The predicted molar refractivity (Wildman–Crippen MR) is 72.6 cm³/mol. The number of benzene rings is 1. The van der Waals surface area contributed by atoms with Gasteiger partial charge in [0, 0.05) is 18.4 Å². The van der Waals surface area contributed by atoms with Crippen LogP contribution in [0.15, 0.2) is 42.7 Å². The van der Waals surface area contributed by atoms with E-state index in [2.05, 4.69) is 5.10 Å². The van der Waals surface area contributed by atoms with Crippen LogP contribution in [-0.4, -0.2) is 27.5 Å². The lowest BCUT2D eigenvalue weighted by Crippen LogP contribution is -2.28. The first kappa shape index (κ1) is 12.9. The van der Waals surface area contributed by atoms with E-state index in [0.717, 1.165) is 17.7 Å². The van der Waals surface area contributed by atoms with Crippen LogP contribution in [-0.2, 0) is 9.53 Å². The van der Waals surface area contributed by atoms with Crippen molar-refractivity contribution in [2.75, 3.05) is 6.61 Å². The second kappa shape index (κ2) is 5.46. The molecule has 0 spiro atoms. The van der Waals surface area contributed by atoms with Gasteiger partial charge >= 0.3 is 5.97 Å². The minimum atomic E-state index is -0.804. The van der Waals surface area contributed by atoms with Crippen molar-refractivity contribution in [1.29, 1.82) is 0 Å². The number of carbonyl (C=O) groups is 1. The molecule has 2 aromatic rings. The molecule has 1 aromatic carbocycles. The number of hydrogen-bond donors (Lipinski definition) is 1. The molecule has 2 atom stereocenters. The van der Waals surface area contributed by atoms with E-state index in [4.69, 9.17) is 4.74 Å². The number of hydrogen-bond acceptors (Lipinski definition) is 3. The summed E-state index contributed by atoms with van der Waals surface area (Å²) in [5, 5.41) is 13.6. The van der Waals surface area contributed by atoms with Gasteiger partial charge in [-0.2, -0.15) is 5.10 Å². The van der Waals surface area contributed by atoms with Crippen molar-refractivity contribution < 1.29 is 14.6 Å². The standard InChI is InChI=1S/C15H16N2O3/c18-15(19)13-7-4-8-20-14(13)11-9-16-17(10-11)12-5-2-1-3-6-12/h1-3,5-6,9-10,13-14H,4,7-8H2,(H,18,19). The zero-order chi connectivity index (χ0) is 13.9. The van der Waals surface area contributed by atoms with Gasteiger partial charge < -0.3 is 9.84 Å². The molecule has 2 heterocycles. The van der Waals surface area contributed by atoms with E-state index < -0.39 is 18.0 Å². The monoisotopic (exact) mass is 272 g/mol. The number of nitrogens with zero attached hydrogens (tertiary/aromatic N) is 2. The highest BCUT2D eigenvalue weighted by atomic mass is 16.5. The maximum atomic E-state index is 11.3. The Bertz CT molecular complexity index is 594. The quantitative estimate of drug-likeness (QED) is 0.932. The highest BCUT2D eigenvalue weighted by Crippen LogP contribution is 2.33. The van der Waals surface area contributed by atoms with Gasteiger partial charge in [-0.15, -0.1) is 0 Å². The Kier molecular flexibility index (Phi) is 3.52. The molecule has 1 N–H and O–H groups in total. The van der Waals surface area contributed by atoms with Crippen molar-refractivity contribution in [1.82, 2.24) is 9.78 Å². The molecule has 0 bridgehead atoms. The zero-order valence-electron chi connectivity index (χ0n) is 11.0. The average molecular weight is 272 g/mol. The molecular formula is C15H16N2O3. The summed E-state index contributed by atoms with van der Waals surface area (Å²) < 4.78 is 7.40. The molecule has 0 aliphatic carbocycles. The number of aromatic nitrogens is 2. The molecule has 1 aromatic heterocycles. The van der Waals surface area contributed by atoms with Crippen molar-refractivity contribution in [3.05, 3.63) is 48.3 Å². The van der Waals surface area contributed by atoms with E-state index in [1.54, 1.807) is 10.9 Å². The number of carboxylic acid groups (broad SMARTS) is 1. The van der Waals surface area contributed by atoms with Gasteiger partial charge in [0.25, 0.3) is 0 Å². The largest absolute Gasteiger partial charge is 0.481 e. The van der Waals surface area contributed by atoms with Gasteiger partial charge in [-0.05, 0) is 25.0 Å². The molecule has 20 heavy (non-hydrogen) atoms. The van der Waals surface area contributed by atoms with Crippen LogP contribution in [0.3, 0.4) is 0 Å². The number of aliphatic carboxylic acids is 1. The van der Waals surface area contributed by atoms with E-state index in [-0.39, 0.29) is 0 Å². The van der Waals surface area contributed by atoms with Crippen LogP contribution in [0.5, 0.6) is 0 Å². The second-order valence-electron chi connectivity index (χ2n) is 4.93. The summed E-state index contributed by atoms with van der Waals surface area (Å²) in [6, 6.07) is 9.72. The predicted octanol–water partition coefficient (Wildman–Crippen LogP) is 2.42. The maximum Gasteiger partial charge on any atom is 0.309 e.